The van der Waals surface area contributed by atoms with Crippen molar-refractivity contribution in [2.24, 2.45) is 17.8 Å². The second-order valence-corrected chi connectivity index (χ2v) is 7.47. The van der Waals surface area contributed by atoms with Crippen molar-refractivity contribution in [1.29, 1.82) is 0 Å². The molecule has 4 atom stereocenters. The lowest BCUT2D eigenvalue weighted by Crippen LogP contribution is -2.37. The van der Waals surface area contributed by atoms with Crippen LogP contribution >= 0.6 is 0 Å². The van der Waals surface area contributed by atoms with Crippen LogP contribution in [0.4, 0.5) is 0 Å². The number of aromatic nitrogens is 2. The van der Waals surface area contributed by atoms with E-state index < -0.39 is 6.10 Å². The standard InChI is InChI=1S/C19H33N3O3/c1-13(2)4-7-20-17-11-18(24)16(12-23)15(17)10-14-5-8-21-19(22-14)6-9-25-3/h5,8,13,15-18,20,23-24H,4,6-7,9-12H2,1-3H3. The number of rotatable bonds is 10. The maximum Gasteiger partial charge on any atom is 0.130 e. The topological polar surface area (TPSA) is 87.5 Å². The van der Waals surface area contributed by atoms with E-state index in [4.69, 9.17) is 4.74 Å². The third-order valence-electron chi connectivity index (χ3n) is 5.13. The zero-order chi connectivity index (χ0) is 18.2. The number of aliphatic hydroxyl groups is 2. The lowest BCUT2D eigenvalue weighted by atomic mass is 9.88. The van der Waals surface area contributed by atoms with Crippen molar-refractivity contribution in [3.8, 4) is 0 Å². The smallest absolute Gasteiger partial charge is 0.130 e. The van der Waals surface area contributed by atoms with Gasteiger partial charge in [0.15, 0.2) is 0 Å². The molecular formula is C19H33N3O3. The first-order chi connectivity index (χ1) is 12.0. The molecule has 0 saturated heterocycles. The second-order valence-electron chi connectivity index (χ2n) is 7.47. The van der Waals surface area contributed by atoms with E-state index >= 15 is 0 Å². The van der Waals surface area contributed by atoms with Gasteiger partial charge in [-0.25, -0.2) is 9.97 Å². The molecule has 0 amide bonds. The van der Waals surface area contributed by atoms with E-state index in [0.29, 0.717) is 25.4 Å². The number of hydrogen-bond acceptors (Lipinski definition) is 6. The molecule has 0 aliphatic heterocycles. The molecule has 0 radical (unpaired) electrons. The van der Waals surface area contributed by atoms with Crippen LogP contribution in [0.15, 0.2) is 12.3 Å². The average Bonchev–Trinajstić information content (AvgIpc) is 2.87. The minimum Gasteiger partial charge on any atom is -0.396 e. The summed E-state index contributed by atoms with van der Waals surface area (Å²) in [6.07, 6.45) is 4.56. The molecule has 0 aromatic carbocycles. The van der Waals surface area contributed by atoms with Gasteiger partial charge in [-0.2, -0.15) is 0 Å². The van der Waals surface area contributed by atoms with Gasteiger partial charge in [0.25, 0.3) is 0 Å². The Labute approximate surface area is 151 Å². The Morgan fingerprint density at radius 1 is 1.36 bits per heavy atom. The Morgan fingerprint density at radius 2 is 2.16 bits per heavy atom. The lowest BCUT2D eigenvalue weighted by molar-refractivity contribution is 0.0716. The average molecular weight is 351 g/mol. The van der Waals surface area contributed by atoms with E-state index in [1.807, 2.05) is 6.07 Å². The van der Waals surface area contributed by atoms with Crippen molar-refractivity contribution in [3.63, 3.8) is 0 Å². The van der Waals surface area contributed by atoms with Gasteiger partial charge in [0, 0.05) is 44.0 Å². The van der Waals surface area contributed by atoms with Gasteiger partial charge in [0.2, 0.25) is 0 Å². The molecular weight excluding hydrogens is 318 g/mol. The maximum absolute atomic E-state index is 10.3. The minimum atomic E-state index is -0.457. The van der Waals surface area contributed by atoms with E-state index in [2.05, 4.69) is 29.1 Å². The maximum atomic E-state index is 10.3. The summed E-state index contributed by atoms with van der Waals surface area (Å²) >= 11 is 0. The van der Waals surface area contributed by atoms with Gasteiger partial charge in [-0.05, 0) is 43.7 Å². The fourth-order valence-electron chi connectivity index (χ4n) is 3.65. The molecule has 2 rings (SSSR count). The summed E-state index contributed by atoms with van der Waals surface area (Å²) in [5.74, 6) is 1.50. The highest BCUT2D eigenvalue weighted by atomic mass is 16.5. The lowest BCUT2D eigenvalue weighted by Gasteiger charge is -2.25. The van der Waals surface area contributed by atoms with Gasteiger partial charge in [0.1, 0.15) is 5.82 Å². The van der Waals surface area contributed by atoms with Gasteiger partial charge in [0.05, 0.1) is 12.7 Å². The molecule has 6 nitrogen and oxygen atoms in total. The molecule has 1 heterocycles. The summed E-state index contributed by atoms with van der Waals surface area (Å²) in [5.41, 5.74) is 0.967. The number of hydrogen-bond donors (Lipinski definition) is 3. The first-order valence-electron chi connectivity index (χ1n) is 9.37. The molecule has 6 heteroatoms. The highest BCUT2D eigenvalue weighted by molar-refractivity contribution is 5.08. The Balaban J connectivity index is 2.04. The SMILES string of the molecule is COCCc1nccc(CC2C(NCCC(C)C)CC(O)C2CO)n1. The Kier molecular flexibility index (Phi) is 8.22. The highest BCUT2D eigenvalue weighted by Crippen LogP contribution is 2.34. The second kappa shape index (κ2) is 10.2. The van der Waals surface area contributed by atoms with Crippen LogP contribution in [0.3, 0.4) is 0 Å². The van der Waals surface area contributed by atoms with Crippen LogP contribution in [0.25, 0.3) is 0 Å². The Morgan fingerprint density at radius 3 is 2.84 bits per heavy atom. The van der Waals surface area contributed by atoms with Crippen LogP contribution in [0, 0.1) is 17.8 Å². The molecule has 0 spiro atoms. The molecule has 0 bridgehead atoms. The van der Waals surface area contributed by atoms with Crippen LogP contribution in [0.5, 0.6) is 0 Å². The fraction of sp³-hybridized carbons (Fsp3) is 0.789. The van der Waals surface area contributed by atoms with E-state index in [0.717, 1.165) is 30.9 Å². The highest BCUT2D eigenvalue weighted by Gasteiger charge is 2.41. The summed E-state index contributed by atoms with van der Waals surface area (Å²) in [6, 6.07) is 2.14. The zero-order valence-corrected chi connectivity index (χ0v) is 15.7. The first-order valence-corrected chi connectivity index (χ1v) is 9.37. The van der Waals surface area contributed by atoms with Crippen molar-refractivity contribution in [1.82, 2.24) is 15.3 Å². The van der Waals surface area contributed by atoms with Crippen LogP contribution in [0.1, 0.15) is 38.2 Å². The molecule has 4 unspecified atom stereocenters. The molecule has 1 aromatic heterocycles. The predicted molar refractivity (Wildman–Crippen MR) is 97.3 cm³/mol. The van der Waals surface area contributed by atoms with Crippen molar-refractivity contribution >= 4 is 0 Å². The van der Waals surface area contributed by atoms with Crippen LogP contribution < -0.4 is 5.32 Å². The summed E-state index contributed by atoms with van der Waals surface area (Å²) in [5, 5.41) is 23.7. The van der Waals surface area contributed by atoms with Crippen LogP contribution in [-0.2, 0) is 17.6 Å². The Bertz CT molecular complexity index is 512. The molecule has 25 heavy (non-hydrogen) atoms. The number of nitrogens with zero attached hydrogens (tertiary/aromatic N) is 2. The number of aliphatic hydroxyl groups excluding tert-OH is 2. The zero-order valence-electron chi connectivity index (χ0n) is 15.7. The quantitative estimate of drug-likeness (QED) is 0.587. The van der Waals surface area contributed by atoms with Gasteiger partial charge in [-0.3, -0.25) is 0 Å². The number of nitrogens with one attached hydrogen (secondary N) is 1. The minimum absolute atomic E-state index is 0.00973. The molecule has 3 N–H and O–H groups in total. The molecule has 1 saturated carbocycles. The molecule has 1 aromatic rings. The number of methoxy groups -OCH3 is 1. The third kappa shape index (κ3) is 5.99. The molecule has 1 aliphatic carbocycles. The van der Waals surface area contributed by atoms with Gasteiger partial charge in [-0.1, -0.05) is 13.8 Å². The van der Waals surface area contributed by atoms with E-state index in [9.17, 15) is 10.2 Å². The van der Waals surface area contributed by atoms with E-state index in [-0.39, 0.29) is 24.5 Å². The predicted octanol–water partition coefficient (Wildman–Crippen LogP) is 1.20. The third-order valence-corrected chi connectivity index (χ3v) is 5.13. The van der Waals surface area contributed by atoms with E-state index in [1.165, 1.54) is 0 Å². The molecule has 142 valence electrons. The van der Waals surface area contributed by atoms with Crippen molar-refractivity contribution in [2.45, 2.75) is 51.7 Å². The van der Waals surface area contributed by atoms with Crippen molar-refractivity contribution < 1.29 is 14.9 Å². The number of ether oxygens (including phenoxy) is 1. The summed E-state index contributed by atoms with van der Waals surface area (Å²) < 4.78 is 5.09. The first kappa shape index (κ1) is 20.2. The normalized spacial score (nSPS) is 26.5. The van der Waals surface area contributed by atoms with Gasteiger partial charge < -0.3 is 20.3 Å². The van der Waals surface area contributed by atoms with Crippen LogP contribution in [-0.4, -0.2) is 59.2 Å². The summed E-state index contributed by atoms with van der Waals surface area (Å²) in [4.78, 5) is 8.92. The monoisotopic (exact) mass is 351 g/mol. The Hall–Kier alpha value is -1.08. The fourth-order valence-corrected chi connectivity index (χ4v) is 3.65. The van der Waals surface area contributed by atoms with Gasteiger partial charge >= 0.3 is 0 Å². The molecule has 1 fully saturated rings. The van der Waals surface area contributed by atoms with Crippen LogP contribution in [0.2, 0.25) is 0 Å². The summed E-state index contributed by atoms with van der Waals surface area (Å²) in [6.45, 7) is 5.97. The summed E-state index contributed by atoms with van der Waals surface area (Å²) in [7, 11) is 1.67. The van der Waals surface area contributed by atoms with Gasteiger partial charge in [-0.15, -0.1) is 0 Å². The van der Waals surface area contributed by atoms with Crippen molar-refractivity contribution in [2.75, 3.05) is 26.9 Å². The largest absolute Gasteiger partial charge is 0.396 e. The molecule has 1 aliphatic rings. The van der Waals surface area contributed by atoms with E-state index in [1.54, 1.807) is 13.3 Å². The van der Waals surface area contributed by atoms with Crippen molar-refractivity contribution in [3.05, 3.63) is 23.8 Å².